The molecule has 3 N–H and O–H groups in total. The highest BCUT2D eigenvalue weighted by molar-refractivity contribution is 6.03. The Bertz CT molecular complexity index is 1050. The van der Waals surface area contributed by atoms with Gasteiger partial charge in [0, 0.05) is 23.0 Å². The number of anilines is 1. The van der Waals surface area contributed by atoms with E-state index in [-0.39, 0.29) is 17.5 Å². The van der Waals surface area contributed by atoms with E-state index in [1.165, 1.54) is 12.3 Å². The van der Waals surface area contributed by atoms with Crippen LogP contribution in [0.3, 0.4) is 0 Å². The number of benzene rings is 1. The summed E-state index contributed by atoms with van der Waals surface area (Å²) in [5, 5.41) is 14.2. The van der Waals surface area contributed by atoms with Gasteiger partial charge in [0.2, 0.25) is 0 Å². The smallest absolute Gasteiger partial charge is 0.275 e. The number of hydrogen-bond acceptors (Lipinski definition) is 6. The van der Waals surface area contributed by atoms with Crippen LogP contribution >= 0.6 is 0 Å². The van der Waals surface area contributed by atoms with Crippen molar-refractivity contribution in [1.29, 1.82) is 0 Å². The number of amides is 1. The molecular formula is C19H21N7O2. The summed E-state index contributed by atoms with van der Waals surface area (Å²) in [6.45, 7) is 3.56. The number of carbonyl (C=O) groups excluding carboxylic acids is 1. The molecule has 1 aliphatic rings. The molecule has 1 amide bonds. The van der Waals surface area contributed by atoms with Gasteiger partial charge in [0.1, 0.15) is 11.5 Å². The number of H-pyrrole nitrogens is 1. The van der Waals surface area contributed by atoms with Gasteiger partial charge in [0.25, 0.3) is 11.5 Å². The van der Waals surface area contributed by atoms with Crippen LogP contribution in [-0.4, -0.2) is 44.0 Å². The minimum absolute atomic E-state index is 0.164. The average molecular weight is 379 g/mol. The maximum absolute atomic E-state index is 12.8. The van der Waals surface area contributed by atoms with Gasteiger partial charge in [-0.2, -0.15) is 0 Å². The summed E-state index contributed by atoms with van der Waals surface area (Å²) in [4.78, 5) is 31.6. The molecule has 1 fully saturated rings. The van der Waals surface area contributed by atoms with E-state index in [1.54, 1.807) is 29.8 Å². The quantitative estimate of drug-likeness (QED) is 0.633. The Morgan fingerprint density at radius 3 is 2.86 bits per heavy atom. The lowest BCUT2D eigenvalue weighted by molar-refractivity contribution is 0.101. The number of aromatic amines is 1. The second-order valence-corrected chi connectivity index (χ2v) is 6.82. The third-order valence-corrected chi connectivity index (χ3v) is 4.73. The molecule has 0 aliphatic carbocycles. The van der Waals surface area contributed by atoms with Gasteiger partial charge in [-0.15, -0.1) is 5.10 Å². The van der Waals surface area contributed by atoms with Crippen LogP contribution in [0.5, 0.6) is 0 Å². The molecule has 9 heteroatoms. The number of nitrogens with zero attached hydrogens (tertiary/aromatic N) is 4. The summed E-state index contributed by atoms with van der Waals surface area (Å²) >= 11 is 0. The Morgan fingerprint density at radius 2 is 2.07 bits per heavy atom. The Balaban J connectivity index is 1.56. The van der Waals surface area contributed by atoms with Crippen molar-refractivity contribution in [2.75, 3.05) is 18.4 Å². The number of hydrogen-bond donors (Lipinski definition) is 3. The predicted molar refractivity (Wildman–Crippen MR) is 104 cm³/mol. The molecule has 0 spiro atoms. The zero-order valence-corrected chi connectivity index (χ0v) is 15.5. The summed E-state index contributed by atoms with van der Waals surface area (Å²) in [5.74, 6) is 0.189. The lowest BCUT2D eigenvalue weighted by Gasteiger charge is -2.23. The standard InChI is InChI=1S/C19H21N7O2/c1-12-9-17(27)24-18(22-12)13-3-2-4-14(10-13)23-19(28)16-11-21-25-26(16)15-5-7-20-8-6-15/h2-4,9-11,15,20H,5-8H2,1H3,(H,23,28)(H,22,24,27). The van der Waals surface area contributed by atoms with Crippen LogP contribution < -0.4 is 16.2 Å². The molecular weight excluding hydrogens is 358 g/mol. The summed E-state index contributed by atoms with van der Waals surface area (Å²) in [7, 11) is 0. The monoisotopic (exact) mass is 379 g/mol. The van der Waals surface area contributed by atoms with E-state index >= 15 is 0 Å². The number of aromatic nitrogens is 5. The molecule has 144 valence electrons. The van der Waals surface area contributed by atoms with Crippen LogP contribution in [0, 0.1) is 6.92 Å². The molecule has 3 aromatic rings. The zero-order valence-electron chi connectivity index (χ0n) is 15.5. The molecule has 28 heavy (non-hydrogen) atoms. The maximum atomic E-state index is 12.8. The summed E-state index contributed by atoms with van der Waals surface area (Å²) in [6.07, 6.45) is 3.30. The molecule has 9 nitrogen and oxygen atoms in total. The van der Waals surface area contributed by atoms with Crippen LogP contribution in [0.25, 0.3) is 11.4 Å². The molecule has 0 radical (unpaired) electrons. The summed E-state index contributed by atoms with van der Waals surface area (Å²) in [6, 6.07) is 8.79. The maximum Gasteiger partial charge on any atom is 0.275 e. The molecule has 1 aromatic carbocycles. The fourth-order valence-electron chi connectivity index (χ4n) is 3.38. The minimum atomic E-state index is -0.272. The number of aryl methyl sites for hydroxylation is 1. The molecule has 0 saturated carbocycles. The fraction of sp³-hybridized carbons (Fsp3) is 0.316. The molecule has 0 unspecified atom stereocenters. The van der Waals surface area contributed by atoms with E-state index in [9.17, 15) is 9.59 Å². The van der Waals surface area contributed by atoms with Crippen LogP contribution in [0.4, 0.5) is 5.69 Å². The van der Waals surface area contributed by atoms with E-state index < -0.39 is 0 Å². The van der Waals surface area contributed by atoms with Gasteiger partial charge in [0.05, 0.1) is 12.2 Å². The molecule has 0 atom stereocenters. The molecule has 2 aromatic heterocycles. The predicted octanol–water partition coefficient (Wildman–Crippen LogP) is 1.51. The van der Waals surface area contributed by atoms with Gasteiger partial charge in [-0.3, -0.25) is 9.59 Å². The minimum Gasteiger partial charge on any atom is -0.321 e. The van der Waals surface area contributed by atoms with Gasteiger partial charge in [0.15, 0.2) is 0 Å². The van der Waals surface area contributed by atoms with Crippen molar-refractivity contribution in [2.45, 2.75) is 25.8 Å². The molecule has 3 heterocycles. The molecule has 0 bridgehead atoms. The van der Waals surface area contributed by atoms with Crippen LogP contribution in [0.15, 0.2) is 41.3 Å². The van der Waals surface area contributed by atoms with Gasteiger partial charge < -0.3 is 15.6 Å². The highest BCUT2D eigenvalue weighted by Gasteiger charge is 2.22. The van der Waals surface area contributed by atoms with Crippen molar-refractivity contribution in [2.24, 2.45) is 0 Å². The normalized spacial score (nSPS) is 14.8. The molecule has 4 rings (SSSR count). The first-order valence-corrected chi connectivity index (χ1v) is 9.21. The van der Waals surface area contributed by atoms with E-state index in [0.29, 0.717) is 28.5 Å². The number of piperidine rings is 1. The first-order valence-electron chi connectivity index (χ1n) is 9.21. The third kappa shape index (κ3) is 3.84. The van der Waals surface area contributed by atoms with Crippen molar-refractivity contribution < 1.29 is 4.79 Å². The first kappa shape index (κ1) is 18.1. The van der Waals surface area contributed by atoms with Crippen molar-refractivity contribution in [1.82, 2.24) is 30.3 Å². The van der Waals surface area contributed by atoms with Crippen molar-refractivity contribution >= 4 is 11.6 Å². The number of nitrogens with one attached hydrogen (secondary N) is 3. The van der Waals surface area contributed by atoms with Crippen molar-refractivity contribution in [3.05, 3.63) is 58.3 Å². The number of carbonyl (C=O) groups is 1. The van der Waals surface area contributed by atoms with Crippen molar-refractivity contribution in [3.8, 4) is 11.4 Å². The topological polar surface area (TPSA) is 118 Å². The lowest BCUT2D eigenvalue weighted by atomic mass is 10.1. The Morgan fingerprint density at radius 1 is 1.25 bits per heavy atom. The van der Waals surface area contributed by atoms with Crippen LogP contribution in [0.1, 0.15) is 35.1 Å². The number of rotatable bonds is 4. The van der Waals surface area contributed by atoms with Crippen LogP contribution in [-0.2, 0) is 0 Å². The highest BCUT2D eigenvalue weighted by Crippen LogP contribution is 2.22. The van der Waals surface area contributed by atoms with Gasteiger partial charge >= 0.3 is 0 Å². The van der Waals surface area contributed by atoms with Crippen LogP contribution in [0.2, 0.25) is 0 Å². The van der Waals surface area contributed by atoms with Crippen molar-refractivity contribution in [3.63, 3.8) is 0 Å². The van der Waals surface area contributed by atoms with E-state index in [1.807, 2.05) is 6.07 Å². The second-order valence-electron chi connectivity index (χ2n) is 6.82. The van der Waals surface area contributed by atoms with E-state index in [0.717, 1.165) is 25.9 Å². The Hall–Kier alpha value is -3.33. The second kappa shape index (κ2) is 7.73. The largest absolute Gasteiger partial charge is 0.321 e. The Kier molecular flexibility index (Phi) is 4.98. The first-order chi connectivity index (χ1) is 13.6. The fourth-order valence-corrected chi connectivity index (χ4v) is 3.38. The summed E-state index contributed by atoms with van der Waals surface area (Å²) < 4.78 is 1.71. The third-order valence-electron chi connectivity index (χ3n) is 4.73. The zero-order chi connectivity index (χ0) is 19.5. The average Bonchev–Trinajstić information content (AvgIpc) is 3.18. The van der Waals surface area contributed by atoms with Gasteiger partial charge in [-0.25, -0.2) is 9.67 Å². The van der Waals surface area contributed by atoms with Gasteiger partial charge in [-0.1, -0.05) is 17.3 Å². The molecule has 1 saturated heterocycles. The van der Waals surface area contributed by atoms with E-state index in [4.69, 9.17) is 0 Å². The highest BCUT2D eigenvalue weighted by atomic mass is 16.2. The lowest BCUT2D eigenvalue weighted by Crippen LogP contribution is -2.31. The summed E-state index contributed by atoms with van der Waals surface area (Å²) in [5.41, 5.74) is 2.16. The van der Waals surface area contributed by atoms with E-state index in [2.05, 4.69) is 30.9 Å². The SMILES string of the molecule is Cc1cc(=O)[nH]c(-c2cccc(NC(=O)c3cnnn3C3CCNCC3)c2)n1. The van der Waals surface area contributed by atoms with Gasteiger partial charge in [-0.05, 0) is 45.0 Å². The molecule has 1 aliphatic heterocycles. The Labute approximate surface area is 161 Å².